The average Bonchev–Trinajstić information content (AvgIpc) is 2.93. The van der Waals surface area contributed by atoms with E-state index in [2.05, 4.69) is 15.5 Å². The summed E-state index contributed by atoms with van der Waals surface area (Å²) in [5.41, 5.74) is -0.789. The predicted octanol–water partition coefficient (Wildman–Crippen LogP) is 0.525. The molecule has 146 valence electrons. The largest absolute Gasteiger partial charge is 0.451 e. The van der Waals surface area contributed by atoms with Crippen LogP contribution in [0.1, 0.15) is 32.4 Å². The van der Waals surface area contributed by atoms with Crippen molar-refractivity contribution in [3.63, 3.8) is 0 Å². The number of carbonyl (C=O) groups is 2. The van der Waals surface area contributed by atoms with Gasteiger partial charge in [-0.05, 0) is 20.8 Å². The predicted molar refractivity (Wildman–Crippen MR) is 80.7 cm³/mol. The van der Waals surface area contributed by atoms with Crippen LogP contribution in [0.25, 0.3) is 0 Å². The third-order valence-corrected chi connectivity index (χ3v) is 3.49. The van der Waals surface area contributed by atoms with Crippen LogP contribution in [-0.4, -0.2) is 61.6 Å². The van der Waals surface area contributed by atoms with Gasteiger partial charge in [0.25, 0.3) is 0 Å². The van der Waals surface area contributed by atoms with Gasteiger partial charge in [-0.15, -0.1) is 10.2 Å². The van der Waals surface area contributed by atoms with Crippen molar-refractivity contribution in [2.24, 2.45) is 0 Å². The van der Waals surface area contributed by atoms with Gasteiger partial charge in [0.05, 0.1) is 13.2 Å². The summed E-state index contributed by atoms with van der Waals surface area (Å²) in [5.74, 6) is -1.79. The molecule has 0 saturated heterocycles. The van der Waals surface area contributed by atoms with Crippen LogP contribution in [0, 0.1) is 0 Å². The molecule has 26 heavy (non-hydrogen) atoms. The van der Waals surface area contributed by atoms with Crippen LogP contribution >= 0.6 is 0 Å². The lowest BCUT2D eigenvalue weighted by Gasteiger charge is -2.31. The maximum absolute atomic E-state index is 12.8. The first kappa shape index (κ1) is 19.9. The number of nitrogens with one attached hydrogen (secondary N) is 1. The summed E-state index contributed by atoms with van der Waals surface area (Å²) in [6.45, 7) is 3.82. The fourth-order valence-corrected chi connectivity index (χ4v) is 2.41. The van der Waals surface area contributed by atoms with E-state index in [1.807, 2.05) is 0 Å². The third-order valence-electron chi connectivity index (χ3n) is 3.49. The van der Waals surface area contributed by atoms with Gasteiger partial charge in [0.15, 0.2) is 5.82 Å². The Kier molecular flexibility index (Phi) is 5.44. The van der Waals surface area contributed by atoms with Crippen molar-refractivity contribution in [1.29, 1.82) is 0 Å². The second kappa shape index (κ2) is 7.09. The Hall–Kier alpha value is -2.37. The molecule has 0 bridgehead atoms. The van der Waals surface area contributed by atoms with E-state index in [1.165, 1.54) is 4.90 Å². The minimum atomic E-state index is -4.64. The van der Waals surface area contributed by atoms with Crippen molar-refractivity contribution in [1.82, 2.24) is 25.0 Å². The van der Waals surface area contributed by atoms with E-state index in [-0.39, 0.29) is 25.5 Å². The molecular weight excluding hydrogens is 359 g/mol. The number of alkyl carbamates (subject to hydrolysis) is 1. The normalized spacial score (nSPS) is 16.0. The molecule has 0 radical (unpaired) electrons. The zero-order valence-corrected chi connectivity index (χ0v) is 14.5. The smallest absolute Gasteiger partial charge is 0.444 e. The molecule has 12 heteroatoms. The lowest BCUT2D eigenvalue weighted by atomic mass is 10.2. The molecule has 2 N–H and O–H groups in total. The van der Waals surface area contributed by atoms with Crippen molar-refractivity contribution < 1.29 is 32.6 Å². The standard InChI is InChI=1S/C14H20F3N5O4/c1-13(2,3)26-12(25)18-8(7-23)10(24)21-4-5-22-9(6-21)19-20-11(22)14(15,16)17/h8,23H,4-7H2,1-3H3,(H,18,25)/t8-/m1/s1. The maximum Gasteiger partial charge on any atom is 0.451 e. The molecule has 0 fully saturated rings. The van der Waals surface area contributed by atoms with Crippen molar-refractivity contribution >= 4 is 12.0 Å². The highest BCUT2D eigenvalue weighted by molar-refractivity contribution is 5.86. The highest BCUT2D eigenvalue weighted by Crippen LogP contribution is 2.29. The average molecular weight is 379 g/mol. The summed E-state index contributed by atoms with van der Waals surface area (Å²) >= 11 is 0. The van der Waals surface area contributed by atoms with E-state index < -0.39 is 42.3 Å². The summed E-state index contributed by atoms with van der Waals surface area (Å²) in [6.07, 6.45) is -5.52. The Morgan fingerprint density at radius 2 is 1.92 bits per heavy atom. The second-order valence-electron chi connectivity index (χ2n) is 6.73. The van der Waals surface area contributed by atoms with Gasteiger partial charge >= 0.3 is 12.3 Å². The topological polar surface area (TPSA) is 110 Å². The molecule has 1 aromatic heterocycles. The number of aromatic nitrogens is 3. The molecule has 1 atom stereocenters. The first-order valence-electron chi connectivity index (χ1n) is 7.81. The summed E-state index contributed by atoms with van der Waals surface area (Å²) in [5, 5.41) is 18.2. The SMILES string of the molecule is CC(C)(C)OC(=O)N[C@H](CO)C(=O)N1CCn2c(nnc2C(F)(F)F)C1. The molecule has 1 aromatic rings. The molecule has 1 aliphatic rings. The van der Waals surface area contributed by atoms with Crippen LogP contribution in [-0.2, 0) is 28.8 Å². The molecule has 0 aromatic carbocycles. The summed E-state index contributed by atoms with van der Waals surface area (Å²) in [4.78, 5) is 25.4. The number of nitrogens with zero attached hydrogens (tertiary/aromatic N) is 4. The Morgan fingerprint density at radius 1 is 1.27 bits per heavy atom. The van der Waals surface area contributed by atoms with Crippen LogP contribution < -0.4 is 5.32 Å². The van der Waals surface area contributed by atoms with Crippen LogP contribution in [0.2, 0.25) is 0 Å². The number of hydrogen-bond donors (Lipinski definition) is 2. The number of aliphatic hydroxyl groups excluding tert-OH is 1. The van der Waals surface area contributed by atoms with Crippen LogP contribution in [0.15, 0.2) is 0 Å². The molecule has 2 amide bonds. The zero-order valence-electron chi connectivity index (χ0n) is 14.5. The van der Waals surface area contributed by atoms with Crippen LogP contribution in [0.3, 0.4) is 0 Å². The quantitative estimate of drug-likeness (QED) is 0.793. The molecule has 1 aliphatic heterocycles. The van der Waals surface area contributed by atoms with Gasteiger partial charge in [-0.2, -0.15) is 13.2 Å². The number of ether oxygens (including phenoxy) is 1. The van der Waals surface area contributed by atoms with E-state index in [9.17, 15) is 27.9 Å². The maximum atomic E-state index is 12.8. The third kappa shape index (κ3) is 4.62. The fraction of sp³-hybridized carbons (Fsp3) is 0.714. The number of rotatable bonds is 3. The number of alkyl halides is 3. The highest BCUT2D eigenvalue weighted by Gasteiger charge is 2.40. The number of halogens is 3. The molecule has 2 rings (SSSR count). The monoisotopic (exact) mass is 379 g/mol. The molecule has 0 unspecified atom stereocenters. The van der Waals surface area contributed by atoms with Gasteiger partial charge in [0, 0.05) is 13.1 Å². The fourth-order valence-electron chi connectivity index (χ4n) is 2.41. The van der Waals surface area contributed by atoms with Crippen molar-refractivity contribution in [2.75, 3.05) is 13.2 Å². The van der Waals surface area contributed by atoms with E-state index in [1.54, 1.807) is 20.8 Å². The number of fused-ring (bicyclic) bond motifs is 1. The van der Waals surface area contributed by atoms with Gasteiger partial charge < -0.3 is 24.6 Å². The highest BCUT2D eigenvalue weighted by atomic mass is 19.4. The molecule has 0 spiro atoms. The van der Waals surface area contributed by atoms with Crippen molar-refractivity contribution in [3.05, 3.63) is 11.6 Å². The Balaban J connectivity index is 2.06. The van der Waals surface area contributed by atoms with Crippen molar-refractivity contribution in [2.45, 2.75) is 51.7 Å². The lowest BCUT2D eigenvalue weighted by Crippen LogP contribution is -2.53. The van der Waals surface area contributed by atoms with Crippen molar-refractivity contribution in [3.8, 4) is 0 Å². The number of carbonyl (C=O) groups excluding carboxylic acids is 2. The summed E-state index contributed by atoms with van der Waals surface area (Å²) < 4.78 is 44.4. The molecule has 0 saturated carbocycles. The Bertz CT molecular complexity index is 683. The number of amides is 2. The number of hydrogen-bond acceptors (Lipinski definition) is 6. The van der Waals surface area contributed by atoms with Gasteiger partial charge in [0.2, 0.25) is 11.7 Å². The Morgan fingerprint density at radius 3 is 2.46 bits per heavy atom. The van der Waals surface area contributed by atoms with E-state index in [0.717, 1.165) is 4.57 Å². The second-order valence-corrected chi connectivity index (χ2v) is 6.73. The molecular formula is C14H20F3N5O4. The van der Waals surface area contributed by atoms with E-state index in [4.69, 9.17) is 4.74 Å². The summed E-state index contributed by atoms with van der Waals surface area (Å²) in [7, 11) is 0. The molecule has 2 heterocycles. The van der Waals surface area contributed by atoms with E-state index >= 15 is 0 Å². The molecule has 9 nitrogen and oxygen atoms in total. The van der Waals surface area contributed by atoms with Gasteiger partial charge in [-0.25, -0.2) is 4.79 Å². The summed E-state index contributed by atoms with van der Waals surface area (Å²) in [6, 6.07) is -1.28. The van der Waals surface area contributed by atoms with Gasteiger partial charge in [-0.3, -0.25) is 4.79 Å². The molecule has 0 aliphatic carbocycles. The van der Waals surface area contributed by atoms with Gasteiger partial charge in [0.1, 0.15) is 11.6 Å². The van der Waals surface area contributed by atoms with Crippen LogP contribution in [0.5, 0.6) is 0 Å². The Labute approximate surface area is 147 Å². The van der Waals surface area contributed by atoms with Gasteiger partial charge in [-0.1, -0.05) is 0 Å². The van der Waals surface area contributed by atoms with E-state index in [0.29, 0.717) is 0 Å². The number of aliphatic hydroxyl groups is 1. The first-order chi connectivity index (χ1) is 11.9. The minimum Gasteiger partial charge on any atom is -0.444 e. The lowest BCUT2D eigenvalue weighted by molar-refractivity contribution is -0.148. The minimum absolute atomic E-state index is 0.0223. The first-order valence-corrected chi connectivity index (χ1v) is 7.81. The van der Waals surface area contributed by atoms with Crippen LogP contribution in [0.4, 0.5) is 18.0 Å². The zero-order chi connectivity index (χ0) is 19.7.